The van der Waals surface area contributed by atoms with Gasteiger partial charge >= 0.3 is 0 Å². The van der Waals surface area contributed by atoms with Crippen LogP contribution in [0.2, 0.25) is 0 Å². The van der Waals surface area contributed by atoms with Crippen LogP contribution in [0, 0.1) is 13.8 Å². The van der Waals surface area contributed by atoms with E-state index in [0.29, 0.717) is 12.6 Å². The second-order valence-electron chi connectivity index (χ2n) is 5.97. The van der Waals surface area contributed by atoms with Gasteiger partial charge in [0.1, 0.15) is 0 Å². The van der Waals surface area contributed by atoms with Crippen molar-refractivity contribution in [2.45, 2.75) is 39.3 Å². The van der Waals surface area contributed by atoms with Gasteiger partial charge in [-0.1, -0.05) is 18.2 Å². The Balaban J connectivity index is 1.78. The van der Waals surface area contributed by atoms with Crippen molar-refractivity contribution in [1.29, 1.82) is 0 Å². The molecule has 1 saturated heterocycles. The standard InChI is InChI=1S/C17H27N3O/c1-13-5-4-6-14(2)16(13)11-19-15-7-9-20(10-8-15)12-17(21)18-3/h4-6,15,19H,7-12H2,1-3H3,(H,18,21). The average molecular weight is 289 g/mol. The Morgan fingerprint density at radius 3 is 2.43 bits per heavy atom. The van der Waals surface area contributed by atoms with E-state index >= 15 is 0 Å². The summed E-state index contributed by atoms with van der Waals surface area (Å²) in [6.07, 6.45) is 2.23. The molecule has 1 aliphatic heterocycles. The molecule has 4 nitrogen and oxygen atoms in total. The Hall–Kier alpha value is -1.39. The summed E-state index contributed by atoms with van der Waals surface area (Å²) in [5, 5.41) is 6.37. The Kier molecular flexibility index (Phi) is 5.76. The van der Waals surface area contributed by atoms with E-state index in [4.69, 9.17) is 0 Å². The highest BCUT2D eigenvalue weighted by Crippen LogP contribution is 2.15. The molecule has 1 aliphatic rings. The number of piperidine rings is 1. The van der Waals surface area contributed by atoms with Crippen molar-refractivity contribution in [2.24, 2.45) is 0 Å². The average Bonchev–Trinajstić information content (AvgIpc) is 2.48. The Morgan fingerprint density at radius 1 is 1.24 bits per heavy atom. The minimum absolute atomic E-state index is 0.108. The van der Waals surface area contributed by atoms with E-state index in [9.17, 15) is 4.79 Å². The molecule has 0 bridgehead atoms. The fourth-order valence-corrected chi connectivity index (χ4v) is 2.95. The van der Waals surface area contributed by atoms with Crippen molar-refractivity contribution >= 4 is 5.91 Å². The first-order chi connectivity index (χ1) is 10.1. The van der Waals surface area contributed by atoms with Crippen molar-refractivity contribution in [2.75, 3.05) is 26.7 Å². The number of hydrogen-bond acceptors (Lipinski definition) is 3. The summed E-state index contributed by atoms with van der Waals surface area (Å²) in [6, 6.07) is 7.03. The second-order valence-corrected chi connectivity index (χ2v) is 5.97. The lowest BCUT2D eigenvalue weighted by Crippen LogP contribution is -2.45. The van der Waals surface area contributed by atoms with Gasteiger partial charge in [-0.05, 0) is 43.4 Å². The quantitative estimate of drug-likeness (QED) is 0.865. The number of hydrogen-bond donors (Lipinski definition) is 2. The van der Waals surface area contributed by atoms with Crippen LogP contribution in [0.3, 0.4) is 0 Å². The van der Waals surface area contributed by atoms with Gasteiger partial charge in [0, 0.05) is 32.7 Å². The number of carbonyl (C=O) groups excluding carboxylic acids is 1. The van der Waals surface area contributed by atoms with E-state index in [1.54, 1.807) is 7.05 Å². The van der Waals surface area contributed by atoms with Gasteiger partial charge in [0.05, 0.1) is 6.54 Å². The molecule has 4 heteroatoms. The normalized spacial score (nSPS) is 16.9. The van der Waals surface area contributed by atoms with E-state index in [0.717, 1.165) is 32.5 Å². The Labute approximate surface area is 127 Å². The van der Waals surface area contributed by atoms with Crippen molar-refractivity contribution in [1.82, 2.24) is 15.5 Å². The molecule has 0 aromatic heterocycles. The second kappa shape index (κ2) is 7.57. The summed E-state index contributed by atoms with van der Waals surface area (Å²) in [5.74, 6) is 0.108. The molecule has 1 fully saturated rings. The van der Waals surface area contributed by atoms with Crippen LogP contribution in [0.25, 0.3) is 0 Å². The van der Waals surface area contributed by atoms with Gasteiger partial charge < -0.3 is 10.6 Å². The van der Waals surface area contributed by atoms with E-state index in [1.165, 1.54) is 16.7 Å². The summed E-state index contributed by atoms with van der Waals surface area (Å²) in [4.78, 5) is 13.6. The van der Waals surface area contributed by atoms with Crippen LogP contribution in [-0.2, 0) is 11.3 Å². The highest BCUT2D eigenvalue weighted by Gasteiger charge is 2.20. The smallest absolute Gasteiger partial charge is 0.233 e. The largest absolute Gasteiger partial charge is 0.358 e. The predicted molar refractivity (Wildman–Crippen MR) is 86.3 cm³/mol. The van der Waals surface area contributed by atoms with E-state index in [1.807, 2.05) is 0 Å². The highest BCUT2D eigenvalue weighted by molar-refractivity contribution is 5.77. The van der Waals surface area contributed by atoms with E-state index in [-0.39, 0.29) is 5.91 Å². The topological polar surface area (TPSA) is 44.4 Å². The zero-order valence-corrected chi connectivity index (χ0v) is 13.4. The van der Waals surface area contributed by atoms with E-state index < -0.39 is 0 Å². The molecule has 0 unspecified atom stereocenters. The molecule has 1 amide bonds. The molecule has 2 rings (SSSR count). The molecule has 0 spiro atoms. The van der Waals surface area contributed by atoms with Gasteiger partial charge in [-0.25, -0.2) is 0 Å². The van der Waals surface area contributed by atoms with Crippen LogP contribution in [0.5, 0.6) is 0 Å². The van der Waals surface area contributed by atoms with Crippen molar-refractivity contribution < 1.29 is 4.79 Å². The first-order valence-electron chi connectivity index (χ1n) is 7.81. The van der Waals surface area contributed by atoms with Crippen LogP contribution >= 0.6 is 0 Å². The van der Waals surface area contributed by atoms with Crippen LogP contribution in [0.1, 0.15) is 29.5 Å². The zero-order chi connectivity index (χ0) is 15.2. The van der Waals surface area contributed by atoms with Crippen LogP contribution < -0.4 is 10.6 Å². The first-order valence-corrected chi connectivity index (χ1v) is 7.81. The van der Waals surface area contributed by atoms with Crippen molar-refractivity contribution in [3.05, 3.63) is 34.9 Å². The summed E-state index contributed by atoms with van der Waals surface area (Å²) in [7, 11) is 1.70. The fraction of sp³-hybridized carbons (Fsp3) is 0.588. The maximum atomic E-state index is 11.4. The number of aryl methyl sites for hydroxylation is 2. The molecule has 1 aromatic carbocycles. The van der Waals surface area contributed by atoms with Crippen molar-refractivity contribution in [3.63, 3.8) is 0 Å². The number of nitrogens with zero attached hydrogens (tertiary/aromatic N) is 1. The van der Waals surface area contributed by atoms with Gasteiger partial charge in [0.15, 0.2) is 0 Å². The summed E-state index contributed by atoms with van der Waals surface area (Å²) < 4.78 is 0. The minimum atomic E-state index is 0.108. The Bertz CT molecular complexity index is 459. The molecule has 116 valence electrons. The number of carbonyl (C=O) groups is 1. The molecule has 0 radical (unpaired) electrons. The number of benzene rings is 1. The molecule has 2 N–H and O–H groups in total. The van der Waals surface area contributed by atoms with Crippen LogP contribution in [0.4, 0.5) is 0 Å². The molecular formula is C17H27N3O. The third-order valence-corrected chi connectivity index (χ3v) is 4.45. The Morgan fingerprint density at radius 2 is 1.86 bits per heavy atom. The first kappa shape index (κ1) is 16.0. The number of likely N-dealkylation sites (tertiary alicyclic amines) is 1. The number of rotatable bonds is 5. The molecule has 1 heterocycles. The number of likely N-dealkylation sites (N-methyl/N-ethyl adjacent to an activating group) is 1. The number of nitrogens with one attached hydrogen (secondary N) is 2. The van der Waals surface area contributed by atoms with Crippen LogP contribution in [0.15, 0.2) is 18.2 Å². The van der Waals surface area contributed by atoms with Gasteiger partial charge in [-0.2, -0.15) is 0 Å². The summed E-state index contributed by atoms with van der Waals surface area (Å²) >= 11 is 0. The SMILES string of the molecule is CNC(=O)CN1CCC(NCc2c(C)cccc2C)CC1. The van der Waals surface area contributed by atoms with Gasteiger partial charge in [-0.3, -0.25) is 9.69 Å². The lowest BCUT2D eigenvalue weighted by atomic mass is 10.0. The lowest BCUT2D eigenvalue weighted by Gasteiger charge is -2.32. The van der Waals surface area contributed by atoms with Gasteiger partial charge in [0.2, 0.25) is 5.91 Å². The maximum absolute atomic E-state index is 11.4. The summed E-state index contributed by atoms with van der Waals surface area (Å²) in [6.45, 7) is 7.82. The zero-order valence-electron chi connectivity index (χ0n) is 13.4. The molecular weight excluding hydrogens is 262 g/mol. The molecule has 1 aromatic rings. The van der Waals surface area contributed by atoms with Gasteiger partial charge in [-0.15, -0.1) is 0 Å². The van der Waals surface area contributed by atoms with Gasteiger partial charge in [0.25, 0.3) is 0 Å². The third kappa shape index (κ3) is 4.55. The molecule has 21 heavy (non-hydrogen) atoms. The lowest BCUT2D eigenvalue weighted by molar-refractivity contribution is -0.122. The van der Waals surface area contributed by atoms with Crippen LogP contribution in [-0.4, -0.2) is 43.5 Å². The number of amides is 1. The minimum Gasteiger partial charge on any atom is -0.358 e. The fourth-order valence-electron chi connectivity index (χ4n) is 2.95. The monoisotopic (exact) mass is 289 g/mol. The maximum Gasteiger partial charge on any atom is 0.233 e. The van der Waals surface area contributed by atoms with E-state index in [2.05, 4.69) is 47.6 Å². The summed E-state index contributed by atoms with van der Waals surface area (Å²) in [5.41, 5.74) is 4.14. The van der Waals surface area contributed by atoms with Crippen molar-refractivity contribution in [3.8, 4) is 0 Å². The molecule has 0 atom stereocenters. The third-order valence-electron chi connectivity index (χ3n) is 4.45. The highest BCUT2D eigenvalue weighted by atomic mass is 16.1. The predicted octanol–water partition coefficient (Wildman–Crippen LogP) is 1.60. The molecule has 0 saturated carbocycles. The molecule has 0 aliphatic carbocycles.